The zero-order chi connectivity index (χ0) is 12.9. The van der Waals surface area contributed by atoms with Gasteiger partial charge in [-0.2, -0.15) is 0 Å². The molecule has 94 valence electrons. The monoisotopic (exact) mass is 240 g/mol. The van der Waals surface area contributed by atoms with Gasteiger partial charge in [-0.25, -0.2) is 4.79 Å². The van der Waals surface area contributed by atoms with E-state index in [9.17, 15) is 9.90 Å². The van der Waals surface area contributed by atoms with E-state index < -0.39 is 11.6 Å². The Morgan fingerprint density at radius 2 is 2.18 bits per heavy atom. The summed E-state index contributed by atoms with van der Waals surface area (Å²) in [5, 5.41) is 18.1. The summed E-state index contributed by atoms with van der Waals surface area (Å²) in [4.78, 5) is 10.6. The SMILES string of the molecule is COc1cccc(COCC(C)(O)C(=O)O)c1. The highest BCUT2D eigenvalue weighted by Crippen LogP contribution is 2.14. The van der Waals surface area contributed by atoms with Crippen LogP contribution in [-0.4, -0.2) is 35.5 Å². The van der Waals surface area contributed by atoms with Crippen LogP contribution in [0.1, 0.15) is 12.5 Å². The number of rotatable bonds is 6. The van der Waals surface area contributed by atoms with Crippen LogP contribution in [0.25, 0.3) is 0 Å². The third-order valence-electron chi connectivity index (χ3n) is 2.25. The van der Waals surface area contributed by atoms with Crippen molar-refractivity contribution in [2.45, 2.75) is 19.1 Å². The number of ether oxygens (including phenoxy) is 2. The van der Waals surface area contributed by atoms with Crippen molar-refractivity contribution in [3.8, 4) is 5.75 Å². The van der Waals surface area contributed by atoms with Crippen molar-refractivity contribution in [3.05, 3.63) is 29.8 Å². The van der Waals surface area contributed by atoms with Gasteiger partial charge < -0.3 is 19.7 Å². The number of methoxy groups -OCH3 is 1. The summed E-state index contributed by atoms with van der Waals surface area (Å²) < 4.78 is 10.2. The van der Waals surface area contributed by atoms with Crippen molar-refractivity contribution < 1.29 is 24.5 Å². The zero-order valence-electron chi connectivity index (χ0n) is 9.84. The Kier molecular flexibility index (Phi) is 4.48. The maximum absolute atomic E-state index is 10.6. The summed E-state index contributed by atoms with van der Waals surface area (Å²) in [5.41, 5.74) is -1.01. The molecule has 0 bridgehead atoms. The Balaban J connectivity index is 2.48. The number of aliphatic carboxylic acids is 1. The molecule has 1 unspecified atom stereocenters. The Bertz CT molecular complexity index is 386. The first-order valence-corrected chi connectivity index (χ1v) is 5.12. The van der Waals surface area contributed by atoms with Crippen LogP contribution in [0.4, 0.5) is 0 Å². The average Bonchev–Trinajstić information content (AvgIpc) is 2.29. The van der Waals surface area contributed by atoms with E-state index in [1.54, 1.807) is 19.2 Å². The van der Waals surface area contributed by atoms with E-state index in [1.165, 1.54) is 6.92 Å². The van der Waals surface area contributed by atoms with E-state index in [1.807, 2.05) is 12.1 Å². The van der Waals surface area contributed by atoms with Crippen LogP contribution in [0.2, 0.25) is 0 Å². The predicted molar refractivity (Wildman–Crippen MR) is 60.9 cm³/mol. The molecule has 0 saturated heterocycles. The van der Waals surface area contributed by atoms with Gasteiger partial charge in [0.05, 0.1) is 20.3 Å². The molecule has 0 amide bonds. The van der Waals surface area contributed by atoms with Crippen LogP contribution in [0, 0.1) is 0 Å². The van der Waals surface area contributed by atoms with Gasteiger partial charge in [-0.3, -0.25) is 0 Å². The molecule has 1 aromatic carbocycles. The summed E-state index contributed by atoms with van der Waals surface area (Å²) >= 11 is 0. The van der Waals surface area contributed by atoms with E-state index in [0.29, 0.717) is 5.75 Å². The Morgan fingerprint density at radius 1 is 1.47 bits per heavy atom. The van der Waals surface area contributed by atoms with Crippen molar-refractivity contribution in [2.75, 3.05) is 13.7 Å². The second kappa shape index (κ2) is 5.65. The summed E-state index contributed by atoms with van der Waals surface area (Å²) in [6, 6.07) is 7.23. The number of benzene rings is 1. The number of aliphatic hydroxyl groups is 1. The van der Waals surface area contributed by atoms with Gasteiger partial charge in [-0.05, 0) is 24.6 Å². The Morgan fingerprint density at radius 3 is 2.76 bits per heavy atom. The molecule has 0 aliphatic heterocycles. The summed E-state index contributed by atoms with van der Waals surface area (Å²) in [6.45, 7) is 1.15. The van der Waals surface area contributed by atoms with E-state index in [-0.39, 0.29) is 13.2 Å². The lowest BCUT2D eigenvalue weighted by molar-refractivity contribution is -0.163. The minimum absolute atomic E-state index is 0.223. The van der Waals surface area contributed by atoms with Gasteiger partial charge in [-0.1, -0.05) is 12.1 Å². The van der Waals surface area contributed by atoms with Crippen LogP contribution < -0.4 is 4.74 Å². The quantitative estimate of drug-likeness (QED) is 0.777. The van der Waals surface area contributed by atoms with Crippen LogP contribution in [0.15, 0.2) is 24.3 Å². The molecular weight excluding hydrogens is 224 g/mol. The normalized spacial score (nSPS) is 14.1. The molecule has 0 heterocycles. The molecule has 1 aromatic rings. The van der Waals surface area contributed by atoms with Gasteiger partial charge in [-0.15, -0.1) is 0 Å². The van der Waals surface area contributed by atoms with Gasteiger partial charge in [0, 0.05) is 0 Å². The van der Waals surface area contributed by atoms with E-state index in [4.69, 9.17) is 14.6 Å². The molecule has 2 N–H and O–H groups in total. The van der Waals surface area contributed by atoms with Crippen molar-refractivity contribution in [3.63, 3.8) is 0 Å². The molecular formula is C12H16O5. The topological polar surface area (TPSA) is 76.0 Å². The minimum atomic E-state index is -1.86. The van der Waals surface area contributed by atoms with Crippen molar-refractivity contribution in [1.82, 2.24) is 0 Å². The highest BCUT2D eigenvalue weighted by molar-refractivity contribution is 5.76. The van der Waals surface area contributed by atoms with E-state index in [0.717, 1.165) is 5.56 Å². The molecule has 0 saturated carbocycles. The smallest absolute Gasteiger partial charge is 0.337 e. The lowest BCUT2D eigenvalue weighted by atomic mass is 10.1. The first kappa shape index (κ1) is 13.5. The molecule has 0 aromatic heterocycles. The van der Waals surface area contributed by atoms with Gasteiger partial charge >= 0.3 is 5.97 Å². The highest BCUT2D eigenvalue weighted by Gasteiger charge is 2.29. The maximum Gasteiger partial charge on any atom is 0.337 e. The number of hydrogen-bond donors (Lipinski definition) is 2. The average molecular weight is 240 g/mol. The lowest BCUT2D eigenvalue weighted by Gasteiger charge is -2.17. The summed E-state index contributed by atoms with van der Waals surface area (Å²) in [5.74, 6) is -0.598. The largest absolute Gasteiger partial charge is 0.497 e. The fourth-order valence-corrected chi connectivity index (χ4v) is 1.19. The van der Waals surface area contributed by atoms with Crippen LogP contribution in [0.3, 0.4) is 0 Å². The van der Waals surface area contributed by atoms with Crippen LogP contribution in [-0.2, 0) is 16.1 Å². The van der Waals surface area contributed by atoms with Crippen molar-refractivity contribution in [1.29, 1.82) is 0 Å². The first-order valence-electron chi connectivity index (χ1n) is 5.12. The number of carbonyl (C=O) groups is 1. The predicted octanol–water partition coefficient (Wildman–Crippen LogP) is 1.05. The minimum Gasteiger partial charge on any atom is -0.497 e. The number of carboxylic acids is 1. The molecule has 5 heteroatoms. The highest BCUT2D eigenvalue weighted by atomic mass is 16.5. The molecule has 0 aliphatic rings. The molecule has 5 nitrogen and oxygen atoms in total. The summed E-state index contributed by atoms with van der Waals surface area (Å²) in [7, 11) is 1.56. The van der Waals surface area contributed by atoms with Gasteiger partial charge in [0.25, 0.3) is 0 Å². The molecule has 0 aliphatic carbocycles. The standard InChI is InChI=1S/C12H16O5/c1-12(15,11(13)14)8-17-7-9-4-3-5-10(6-9)16-2/h3-6,15H,7-8H2,1-2H3,(H,13,14). The third kappa shape index (κ3) is 4.05. The summed E-state index contributed by atoms with van der Waals surface area (Å²) in [6.07, 6.45) is 0. The van der Waals surface area contributed by atoms with Crippen LogP contribution in [0.5, 0.6) is 5.75 Å². The molecule has 1 rings (SSSR count). The van der Waals surface area contributed by atoms with Gasteiger partial charge in [0.1, 0.15) is 5.75 Å². The number of hydrogen-bond acceptors (Lipinski definition) is 4. The Hall–Kier alpha value is -1.59. The Labute approximate surface area is 99.6 Å². The van der Waals surface area contributed by atoms with Crippen molar-refractivity contribution in [2.24, 2.45) is 0 Å². The maximum atomic E-state index is 10.6. The fraction of sp³-hybridized carbons (Fsp3) is 0.417. The second-order valence-corrected chi connectivity index (χ2v) is 3.92. The van der Waals surface area contributed by atoms with E-state index in [2.05, 4.69) is 0 Å². The van der Waals surface area contributed by atoms with Crippen molar-refractivity contribution >= 4 is 5.97 Å². The van der Waals surface area contributed by atoms with Gasteiger partial charge in [0.15, 0.2) is 5.60 Å². The lowest BCUT2D eigenvalue weighted by Crippen LogP contribution is -2.39. The fourth-order valence-electron chi connectivity index (χ4n) is 1.19. The number of carboxylic acid groups (broad SMARTS) is 1. The van der Waals surface area contributed by atoms with Crippen LogP contribution >= 0.6 is 0 Å². The molecule has 0 spiro atoms. The second-order valence-electron chi connectivity index (χ2n) is 3.92. The first-order chi connectivity index (χ1) is 7.95. The van der Waals surface area contributed by atoms with E-state index >= 15 is 0 Å². The van der Waals surface area contributed by atoms with Gasteiger partial charge in [0.2, 0.25) is 0 Å². The molecule has 17 heavy (non-hydrogen) atoms. The molecule has 0 fully saturated rings. The molecule has 1 atom stereocenters. The zero-order valence-corrected chi connectivity index (χ0v) is 9.84. The third-order valence-corrected chi connectivity index (χ3v) is 2.25. The molecule has 0 radical (unpaired) electrons.